The molecule has 0 fully saturated rings. The Labute approximate surface area is 144 Å². The monoisotopic (exact) mass is 339 g/mol. The van der Waals surface area contributed by atoms with E-state index in [2.05, 4.69) is 27.3 Å². The first kappa shape index (κ1) is 16.3. The molecule has 1 aromatic carbocycles. The first-order chi connectivity index (χ1) is 11.5. The number of aryl methyl sites for hydroxylation is 2. The maximum absolute atomic E-state index is 12.6. The highest BCUT2D eigenvalue weighted by Gasteiger charge is 2.31. The van der Waals surface area contributed by atoms with Crippen molar-refractivity contribution in [3.05, 3.63) is 50.8 Å². The number of benzene rings is 1. The van der Waals surface area contributed by atoms with Crippen molar-refractivity contribution in [2.75, 3.05) is 11.1 Å². The second-order valence-corrected chi connectivity index (χ2v) is 6.76. The Hall–Kier alpha value is -2.52. The number of terminal acetylenes is 1. The minimum atomic E-state index is -0.294. The van der Waals surface area contributed by atoms with Crippen molar-refractivity contribution in [3.8, 4) is 12.3 Å². The molecule has 1 amide bonds. The lowest BCUT2D eigenvalue weighted by Gasteiger charge is -2.25. The molecule has 0 bridgehead atoms. The zero-order chi connectivity index (χ0) is 17.3. The quantitative estimate of drug-likeness (QED) is 0.512. The van der Waals surface area contributed by atoms with Gasteiger partial charge in [-0.05, 0) is 25.0 Å². The Bertz CT molecular complexity index is 911. The number of H-pyrrole nitrogens is 1. The van der Waals surface area contributed by atoms with Crippen LogP contribution >= 0.6 is 11.8 Å². The summed E-state index contributed by atoms with van der Waals surface area (Å²) in [6.45, 7) is 4.01. The van der Waals surface area contributed by atoms with Crippen LogP contribution in [-0.2, 0) is 4.79 Å². The van der Waals surface area contributed by atoms with Gasteiger partial charge in [0, 0.05) is 12.3 Å². The first-order valence-corrected chi connectivity index (χ1v) is 8.55. The predicted octanol–water partition coefficient (Wildman–Crippen LogP) is 2.59. The molecule has 1 aliphatic heterocycles. The third-order valence-corrected chi connectivity index (χ3v) is 4.80. The molecule has 0 aliphatic carbocycles. The van der Waals surface area contributed by atoms with E-state index in [9.17, 15) is 9.59 Å². The van der Waals surface area contributed by atoms with Crippen molar-refractivity contribution in [3.63, 3.8) is 0 Å². The molecule has 122 valence electrons. The third kappa shape index (κ3) is 3.08. The van der Waals surface area contributed by atoms with E-state index in [1.807, 2.05) is 26.0 Å². The average molecular weight is 339 g/mol. The number of amides is 1. The molecule has 0 radical (unpaired) electrons. The fourth-order valence-corrected chi connectivity index (χ4v) is 3.55. The SMILES string of the molecule is C#CCSc1nc2c(c(=O)[nH]1)C(c1ccc(C)cc1C)CC(=O)N2. The largest absolute Gasteiger partial charge is 0.310 e. The van der Waals surface area contributed by atoms with Crippen LogP contribution in [0.3, 0.4) is 0 Å². The van der Waals surface area contributed by atoms with Crippen LogP contribution in [0.5, 0.6) is 0 Å². The van der Waals surface area contributed by atoms with Gasteiger partial charge in [0.15, 0.2) is 5.16 Å². The number of thioether (sulfide) groups is 1. The maximum atomic E-state index is 12.6. The number of aromatic nitrogens is 2. The molecule has 24 heavy (non-hydrogen) atoms. The van der Waals surface area contributed by atoms with Gasteiger partial charge in [-0.25, -0.2) is 4.98 Å². The molecule has 2 aromatic rings. The van der Waals surface area contributed by atoms with Crippen molar-refractivity contribution in [2.45, 2.75) is 31.3 Å². The van der Waals surface area contributed by atoms with Crippen molar-refractivity contribution in [1.82, 2.24) is 9.97 Å². The summed E-state index contributed by atoms with van der Waals surface area (Å²) in [7, 11) is 0. The smallest absolute Gasteiger partial charge is 0.257 e. The van der Waals surface area contributed by atoms with Gasteiger partial charge < -0.3 is 10.3 Å². The van der Waals surface area contributed by atoms with Crippen LogP contribution in [0.25, 0.3) is 0 Å². The number of nitrogens with zero attached hydrogens (tertiary/aromatic N) is 1. The first-order valence-electron chi connectivity index (χ1n) is 7.57. The highest BCUT2D eigenvalue weighted by atomic mass is 32.2. The van der Waals surface area contributed by atoms with E-state index in [0.717, 1.165) is 16.7 Å². The van der Waals surface area contributed by atoms with E-state index < -0.39 is 0 Å². The van der Waals surface area contributed by atoms with Gasteiger partial charge in [0.1, 0.15) is 5.82 Å². The number of aromatic amines is 1. The molecule has 0 spiro atoms. The Morgan fingerprint density at radius 2 is 2.17 bits per heavy atom. The standard InChI is InChI=1S/C18H17N3O2S/c1-4-7-24-18-20-16-15(17(23)21-18)13(9-14(22)19-16)12-6-5-10(2)8-11(12)3/h1,5-6,8,13H,7,9H2,2-3H3,(H2,19,20,21,22,23). The summed E-state index contributed by atoms with van der Waals surface area (Å²) in [4.78, 5) is 31.9. The number of rotatable bonds is 3. The number of hydrogen-bond donors (Lipinski definition) is 2. The van der Waals surface area contributed by atoms with Crippen LogP contribution in [0.2, 0.25) is 0 Å². The minimum absolute atomic E-state index is 0.140. The predicted molar refractivity (Wildman–Crippen MR) is 95.4 cm³/mol. The van der Waals surface area contributed by atoms with E-state index in [1.165, 1.54) is 11.8 Å². The zero-order valence-electron chi connectivity index (χ0n) is 13.5. The van der Waals surface area contributed by atoms with Crippen LogP contribution in [-0.4, -0.2) is 21.6 Å². The Morgan fingerprint density at radius 1 is 1.38 bits per heavy atom. The number of anilines is 1. The molecule has 0 saturated carbocycles. The molecule has 2 heterocycles. The van der Waals surface area contributed by atoms with E-state index >= 15 is 0 Å². The van der Waals surface area contributed by atoms with Gasteiger partial charge in [0.05, 0.1) is 11.3 Å². The number of fused-ring (bicyclic) bond motifs is 1. The molecule has 1 aromatic heterocycles. The minimum Gasteiger partial charge on any atom is -0.310 e. The van der Waals surface area contributed by atoms with Gasteiger partial charge in [-0.15, -0.1) is 6.42 Å². The van der Waals surface area contributed by atoms with Crippen LogP contribution in [0, 0.1) is 26.2 Å². The summed E-state index contributed by atoms with van der Waals surface area (Å²) in [6.07, 6.45) is 5.48. The normalized spacial score (nSPS) is 16.2. The average Bonchev–Trinajstić information content (AvgIpc) is 2.51. The molecule has 1 atom stereocenters. The molecule has 3 rings (SSSR count). The summed E-state index contributed by atoms with van der Waals surface area (Å²) < 4.78 is 0. The molecule has 2 N–H and O–H groups in total. The summed E-state index contributed by atoms with van der Waals surface area (Å²) in [5, 5.41) is 3.13. The van der Waals surface area contributed by atoms with Crippen molar-refractivity contribution < 1.29 is 4.79 Å². The van der Waals surface area contributed by atoms with Gasteiger partial charge in [-0.2, -0.15) is 0 Å². The van der Waals surface area contributed by atoms with Gasteiger partial charge in [-0.1, -0.05) is 41.4 Å². The fourth-order valence-electron chi connectivity index (χ4n) is 3.01. The fraction of sp³-hybridized carbons (Fsp3) is 0.278. The highest BCUT2D eigenvalue weighted by molar-refractivity contribution is 7.99. The summed E-state index contributed by atoms with van der Waals surface area (Å²) >= 11 is 1.26. The lowest BCUT2D eigenvalue weighted by molar-refractivity contribution is -0.116. The number of carbonyl (C=O) groups is 1. The van der Waals surface area contributed by atoms with E-state index in [0.29, 0.717) is 22.3 Å². The van der Waals surface area contributed by atoms with E-state index in [-0.39, 0.29) is 23.8 Å². The number of nitrogens with one attached hydrogen (secondary N) is 2. The topological polar surface area (TPSA) is 74.8 Å². The second kappa shape index (κ2) is 6.54. The summed E-state index contributed by atoms with van der Waals surface area (Å²) in [5.41, 5.74) is 3.46. The number of carbonyl (C=O) groups excluding carboxylic acids is 1. The Kier molecular flexibility index (Phi) is 4.45. The molecule has 0 saturated heterocycles. The molecule has 6 heteroatoms. The second-order valence-electron chi connectivity index (χ2n) is 5.79. The molecular weight excluding hydrogens is 322 g/mol. The lowest BCUT2D eigenvalue weighted by atomic mass is 9.84. The van der Waals surface area contributed by atoms with Crippen LogP contribution in [0.1, 0.15) is 34.6 Å². The van der Waals surface area contributed by atoms with Crippen LogP contribution < -0.4 is 10.9 Å². The molecule has 1 unspecified atom stereocenters. The molecule has 1 aliphatic rings. The van der Waals surface area contributed by atoms with Crippen molar-refractivity contribution in [1.29, 1.82) is 0 Å². The van der Waals surface area contributed by atoms with E-state index in [4.69, 9.17) is 6.42 Å². The van der Waals surface area contributed by atoms with Crippen LogP contribution in [0.4, 0.5) is 5.82 Å². The Morgan fingerprint density at radius 3 is 2.88 bits per heavy atom. The van der Waals surface area contributed by atoms with Gasteiger partial charge >= 0.3 is 0 Å². The zero-order valence-corrected chi connectivity index (χ0v) is 14.3. The molecular formula is C18H17N3O2S. The molecule has 5 nitrogen and oxygen atoms in total. The van der Waals surface area contributed by atoms with Gasteiger partial charge in [-0.3, -0.25) is 9.59 Å². The summed E-state index contributed by atoms with van der Waals surface area (Å²) in [6, 6.07) is 6.03. The van der Waals surface area contributed by atoms with Crippen molar-refractivity contribution in [2.24, 2.45) is 0 Å². The third-order valence-electron chi connectivity index (χ3n) is 4.02. The van der Waals surface area contributed by atoms with E-state index in [1.54, 1.807) is 0 Å². The summed E-state index contributed by atoms with van der Waals surface area (Å²) in [5.74, 6) is 2.78. The van der Waals surface area contributed by atoms with Gasteiger partial charge in [0.25, 0.3) is 5.56 Å². The Balaban J connectivity index is 2.11. The van der Waals surface area contributed by atoms with Gasteiger partial charge in [0.2, 0.25) is 5.91 Å². The highest BCUT2D eigenvalue weighted by Crippen LogP contribution is 2.36. The number of hydrogen-bond acceptors (Lipinski definition) is 4. The van der Waals surface area contributed by atoms with Crippen LogP contribution in [0.15, 0.2) is 28.2 Å². The maximum Gasteiger partial charge on any atom is 0.257 e. The van der Waals surface area contributed by atoms with Crippen molar-refractivity contribution >= 4 is 23.5 Å². The lowest BCUT2D eigenvalue weighted by Crippen LogP contribution is -2.31.